The third-order valence-electron chi connectivity index (χ3n) is 7.12. The summed E-state index contributed by atoms with van der Waals surface area (Å²) in [5.74, 6) is 16.0. The smallest absolute Gasteiger partial charge is 0.314 e. The Balaban J connectivity index is 2.08. The molecule has 12 heteroatoms. The van der Waals surface area contributed by atoms with Crippen molar-refractivity contribution in [3.63, 3.8) is 0 Å². The van der Waals surface area contributed by atoms with Gasteiger partial charge in [0, 0.05) is 76.0 Å². The second-order valence-corrected chi connectivity index (χ2v) is 11.0. The van der Waals surface area contributed by atoms with Crippen molar-refractivity contribution in [2.75, 3.05) is 57.0 Å². The van der Waals surface area contributed by atoms with Crippen LogP contribution in [0.1, 0.15) is 33.4 Å². The van der Waals surface area contributed by atoms with Crippen molar-refractivity contribution in [2.24, 2.45) is 0 Å². The average Bonchev–Trinajstić information content (AvgIpc) is 3.04. The Bertz CT molecular complexity index is 1820. The second-order valence-electron chi connectivity index (χ2n) is 11.0. The minimum atomic E-state index is -0.955. The van der Waals surface area contributed by atoms with Gasteiger partial charge in [0.2, 0.25) is 0 Å². The lowest BCUT2D eigenvalue weighted by molar-refractivity contribution is -0.404. The fourth-order valence-corrected chi connectivity index (χ4v) is 4.55. The van der Waals surface area contributed by atoms with Crippen LogP contribution in [0.3, 0.4) is 0 Å². The lowest BCUT2D eigenvalue weighted by Gasteiger charge is -2.11. The number of nitro benzene ring substituents is 3. The van der Waals surface area contributed by atoms with Gasteiger partial charge in [-0.05, 0) is 90.6 Å². The molecule has 0 atom stereocenters. The molecule has 0 bridgehead atoms. The summed E-state index contributed by atoms with van der Waals surface area (Å²) in [6, 6.07) is 20.5. The van der Waals surface area contributed by atoms with E-state index in [1.165, 1.54) is 0 Å². The van der Waals surface area contributed by atoms with Crippen molar-refractivity contribution in [3.8, 4) is 35.5 Å². The highest BCUT2D eigenvalue weighted by Gasteiger charge is 2.41. The lowest BCUT2D eigenvalue weighted by atomic mass is 9.96. The van der Waals surface area contributed by atoms with Gasteiger partial charge in [-0.2, -0.15) is 0 Å². The first-order valence-corrected chi connectivity index (χ1v) is 14.3. The molecule has 0 radical (unpaired) electrons. The summed E-state index contributed by atoms with van der Waals surface area (Å²) in [4.78, 5) is 40.6. The van der Waals surface area contributed by atoms with Gasteiger partial charge in [0.15, 0.2) is 16.7 Å². The van der Waals surface area contributed by atoms with Crippen LogP contribution in [0.2, 0.25) is 0 Å². The number of rotatable bonds is 6. The van der Waals surface area contributed by atoms with Crippen molar-refractivity contribution >= 4 is 34.1 Å². The van der Waals surface area contributed by atoms with Crippen molar-refractivity contribution in [1.29, 1.82) is 0 Å². The number of hydrogen-bond acceptors (Lipinski definition) is 9. The largest absolute Gasteiger partial charge is 0.378 e. The molecule has 0 aliphatic heterocycles. The van der Waals surface area contributed by atoms with Crippen molar-refractivity contribution in [3.05, 3.63) is 137 Å². The van der Waals surface area contributed by atoms with E-state index in [4.69, 9.17) is 0 Å². The van der Waals surface area contributed by atoms with E-state index in [1.54, 1.807) is 72.8 Å². The highest BCUT2D eigenvalue weighted by Crippen LogP contribution is 2.42. The molecule has 0 aliphatic rings. The molecule has 0 fully saturated rings. The highest BCUT2D eigenvalue weighted by atomic mass is 16.6. The van der Waals surface area contributed by atoms with Crippen LogP contribution in [0.25, 0.3) is 0 Å². The molecule has 4 rings (SSSR count). The van der Waals surface area contributed by atoms with Crippen LogP contribution >= 0.6 is 0 Å². The zero-order valence-electron chi connectivity index (χ0n) is 27.1. The molecule has 4 aromatic carbocycles. The molecule has 12 nitrogen and oxygen atoms in total. The predicted octanol–water partition coefficient (Wildman–Crippen LogP) is 5.81. The fourth-order valence-electron chi connectivity index (χ4n) is 4.55. The Morgan fingerprint density at radius 1 is 0.396 bits per heavy atom. The summed E-state index contributed by atoms with van der Waals surface area (Å²) in [6.45, 7) is 0. The van der Waals surface area contributed by atoms with E-state index in [9.17, 15) is 30.3 Å². The van der Waals surface area contributed by atoms with Gasteiger partial charge in [-0.1, -0.05) is 17.8 Å². The standard InChI is InChI=1S/C36H30N6O6/c1-37(2)28-16-7-25(8-17-28)13-22-31-34(40(43)44)32(23-14-26-9-18-29(19-10-26)38(3)4)36(42(47)48)33(35(31)41(45)46)24-15-27-11-20-30(21-12-27)39(5)6/h7-12,16-21H,1-6H3. The highest BCUT2D eigenvalue weighted by molar-refractivity contribution is 5.83. The molecular weight excluding hydrogens is 612 g/mol. The van der Waals surface area contributed by atoms with Gasteiger partial charge >= 0.3 is 17.1 Å². The Morgan fingerprint density at radius 2 is 0.604 bits per heavy atom. The van der Waals surface area contributed by atoms with Crippen LogP contribution in [0.15, 0.2) is 72.8 Å². The summed E-state index contributed by atoms with van der Waals surface area (Å²) >= 11 is 0. The third-order valence-corrected chi connectivity index (χ3v) is 7.12. The molecule has 0 aromatic heterocycles. The SMILES string of the molecule is CN(C)c1ccc(C#Cc2c([N+](=O)[O-])c(C#Cc3ccc(N(C)C)cc3)c([N+](=O)[O-])c(C#Cc3ccc(N(C)C)cc3)c2[N+](=O)[O-])cc1. The monoisotopic (exact) mass is 642 g/mol. The topological polar surface area (TPSA) is 139 Å². The molecule has 0 saturated carbocycles. The van der Waals surface area contributed by atoms with Gasteiger partial charge in [-0.25, -0.2) is 0 Å². The van der Waals surface area contributed by atoms with Gasteiger partial charge in [0.1, 0.15) is 0 Å². The van der Waals surface area contributed by atoms with Gasteiger partial charge in [0.05, 0.1) is 14.8 Å². The molecule has 0 aliphatic carbocycles. The third kappa shape index (κ3) is 7.68. The first kappa shape index (κ1) is 34.0. The Hall–Kier alpha value is -6.84. The van der Waals surface area contributed by atoms with E-state index in [2.05, 4.69) is 35.5 Å². The van der Waals surface area contributed by atoms with Crippen LogP contribution in [0, 0.1) is 65.9 Å². The quantitative estimate of drug-likeness (QED) is 0.145. The number of nitrogens with zero attached hydrogens (tertiary/aromatic N) is 6. The van der Waals surface area contributed by atoms with E-state index >= 15 is 0 Å². The first-order chi connectivity index (χ1) is 22.8. The van der Waals surface area contributed by atoms with Crippen LogP contribution in [0.4, 0.5) is 34.1 Å². The predicted molar refractivity (Wildman–Crippen MR) is 187 cm³/mol. The van der Waals surface area contributed by atoms with E-state index in [0.29, 0.717) is 16.7 Å². The Kier molecular flexibility index (Phi) is 10.3. The van der Waals surface area contributed by atoms with Crippen LogP contribution < -0.4 is 14.7 Å². The maximum Gasteiger partial charge on any atom is 0.314 e. The van der Waals surface area contributed by atoms with E-state index in [0.717, 1.165) is 17.1 Å². The lowest BCUT2D eigenvalue weighted by Crippen LogP contribution is -2.09. The van der Waals surface area contributed by atoms with Crippen molar-refractivity contribution in [2.45, 2.75) is 0 Å². The molecule has 0 heterocycles. The van der Waals surface area contributed by atoms with E-state index in [1.807, 2.05) is 57.0 Å². The molecule has 0 unspecified atom stereocenters. The first-order valence-electron chi connectivity index (χ1n) is 14.3. The van der Waals surface area contributed by atoms with Gasteiger partial charge in [-0.15, -0.1) is 0 Å². The molecule has 0 N–H and O–H groups in total. The van der Waals surface area contributed by atoms with Gasteiger partial charge in [0.25, 0.3) is 0 Å². The number of nitro groups is 3. The minimum absolute atomic E-state index is 0.407. The maximum absolute atomic E-state index is 12.6. The Labute approximate surface area is 277 Å². The minimum Gasteiger partial charge on any atom is -0.378 e. The maximum atomic E-state index is 12.6. The number of anilines is 3. The summed E-state index contributed by atoms with van der Waals surface area (Å²) < 4.78 is 0. The summed E-state index contributed by atoms with van der Waals surface area (Å²) in [6.07, 6.45) is 0. The summed E-state index contributed by atoms with van der Waals surface area (Å²) in [7, 11) is 11.1. The molecular formula is C36H30N6O6. The van der Waals surface area contributed by atoms with Gasteiger partial charge in [-0.3, -0.25) is 30.3 Å². The van der Waals surface area contributed by atoms with Crippen LogP contribution in [0.5, 0.6) is 0 Å². The fraction of sp³-hybridized carbons (Fsp3) is 0.167. The van der Waals surface area contributed by atoms with E-state index in [-0.39, 0.29) is 0 Å². The van der Waals surface area contributed by atoms with Crippen molar-refractivity contribution < 1.29 is 14.8 Å². The Morgan fingerprint density at radius 3 is 0.771 bits per heavy atom. The molecule has 4 aromatic rings. The second kappa shape index (κ2) is 14.5. The zero-order chi connectivity index (χ0) is 35.1. The van der Waals surface area contributed by atoms with Crippen LogP contribution in [-0.2, 0) is 0 Å². The van der Waals surface area contributed by atoms with Crippen LogP contribution in [-0.4, -0.2) is 57.1 Å². The summed E-state index contributed by atoms with van der Waals surface area (Å²) in [5, 5.41) is 37.8. The number of hydrogen-bond donors (Lipinski definition) is 0. The van der Waals surface area contributed by atoms with Gasteiger partial charge < -0.3 is 14.7 Å². The molecule has 0 spiro atoms. The molecule has 240 valence electrons. The molecule has 0 amide bonds. The molecule has 0 saturated heterocycles. The van der Waals surface area contributed by atoms with Crippen molar-refractivity contribution in [1.82, 2.24) is 0 Å². The zero-order valence-corrected chi connectivity index (χ0v) is 27.1. The number of benzene rings is 4. The van der Waals surface area contributed by atoms with E-state index < -0.39 is 48.5 Å². The summed E-state index contributed by atoms with van der Waals surface area (Å²) in [5.41, 5.74) is -0.998. The average molecular weight is 643 g/mol. The molecule has 48 heavy (non-hydrogen) atoms. The normalized spacial score (nSPS) is 9.88.